The van der Waals surface area contributed by atoms with Crippen molar-refractivity contribution in [3.63, 3.8) is 0 Å². The average molecular weight is 354 g/mol. The molecule has 1 aliphatic heterocycles. The number of nitrogens with one attached hydrogen (secondary N) is 1. The molecule has 2 atom stereocenters. The number of halogens is 1. The van der Waals surface area contributed by atoms with Crippen molar-refractivity contribution in [2.75, 3.05) is 13.1 Å². The molecule has 0 bridgehead atoms. The molecule has 1 aliphatic rings. The highest BCUT2D eigenvalue weighted by molar-refractivity contribution is 5.85. The Hall–Kier alpha value is -1.10. The van der Waals surface area contributed by atoms with Gasteiger partial charge in [-0.2, -0.15) is 0 Å². The van der Waals surface area contributed by atoms with E-state index in [0.717, 1.165) is 18.5 Å². The van der Waals surface area contributed by atoms with Crippen LogP contribution < -0.4 is 11.1 Å². The quantitative estimate of drug-likeness (QED) is 0.792. The van der Waals surface area contributed by atoms with Gasteiger partial charge >= 0.3 is 0 Å². The summed E-state index contributed by atoms with van der Waals surface area (Å²) in [5.74, 6) is 0.152. The summed E-state index contributed by atoms with van der Waals surface area (Å²) in [5, 5.41) is 2.94. The van der Waals surface area contributed by atoms with Gasteiger partial charge in [0.1, 0.15) is 0 Å². The van der Waals surface area contributed by atoms with Crippen molar-refractivity contribution < 1.29 is 4.79 Å². The maximum absolute atomic E-state index is 12.0. The normalized spacial score (nSPS) is 17.6. The molecule has 5 heteroatoms. The number of rotatable bonds is 7. The van der Waals surface area contributed by atoms with Crippen LogP contribution in [0.25, 0.3) is 0 Å². The molecule has 24 heavy (non-hydrogen) atoms. The topological polar surface area (TPSA) is 58.4 Å². The zero-order valence-electron chi connectivity index (χ0n) is 15.0. The van der Waals surface area contributed by atoms with Crippen molar-refractivity contribution in [3.8, 4) is 0 Å². The number of carbonyl (C=O) groups excluding carboxylic acids is 1. The summed E-state index contributed by atoms with van der Waals surface area (Å²) < 4.78 is 0. The molecule has 1 amide bonds. The van der Waals surface area contributed by atoms with Crippen LogP contribution in [0.1, 0.15) is 50.7 Å². The minimum absolute atomic E-state index is 0. The maximum Gasteiger partial charge on any atom is 0.237 e. The van der Waals surface area contributed by atoms with Crippen molar-refractivity contribution in [2.45, 2.75) is 58.7 Å². The van der Waals surface area contributed by atoms with E-state index in [1.165, 1.54) is 37.9 Å². The average Bonchev–Trinajstić information content (AvgIpc) is 2.60. The second-order valence-corrected chi connectivity index (χ2v) is 6.78. The minimum Gasteiger partial charge on any atom is -0.351 e. The van der Waals surface area contributed by atoms with Gasteiger partial charge in [-0.3, -0.25) is 9.69 Å². The molecular weight excluding hydrogens is 322 g/mol. The first kappa shape index (κ1) is 20.9. The van der Waals surface area contributed by atoms with Crippen LogP contribution in [-0.2, 0) is 17.9 Å². The Bertz CT molecular complexity index is 486. The monoisotopic (exact) mass is 353 g/mol. The van der Waals surface area contributed by atoms with Crippen LogP contribution in [0.3, 0.4) is 0 Å². The Labute approximate surface area is 152 Å². The summed E-state index contributed by atoms with van der Waals surface area (Å²) in [6.07, 6.45) is 4.93. The first-order valence-electron chi connectivity index (χ1n) is 8.93. The van der Waals surface area contributed by atoms with Crippen molar-refractivity contribution >= 4 is 18.3 Å². The van der Waals surface area contributed by atoms with Crippen LogP contribution in [0, 0.1) is 5.92 Å². The number of benzene rings is 1. The second kappa shape index (κ2) is 10.7. The van der Waals surface area contributed by atoms with Gasteiger partial charge in [-0.1, -0.05) is 51.0 Å². The van der Waals surface area contributed by atoms with E-state index in [1.807, 2.05) is 6.92 Å². The van der Waals surface area contributed by atoms with Gasteiger partial charge < -0.3 is 11.1 Å². The number of nitrogens with zero attached hydrogens (tertiary/aromatic N) is 1. The summed E-state index contributed by atoms with van der Waals surface area (Å²) in [6, 6.07) is 8.14. The highest BCUT2D eigenvalue weighted by Gasteiger charge is 2.18. The molecule has 3 N–H and O–H groups in total. The van der Waals surface area contributed by atoms with E-state index in [1.54, 1.807) is 0 Å². The number of piperidine rings is 1. The predicted octanol–water partition coefficient (Wildman–Crippen LogP) is 3.08. The summed E-state index contributed by atoms with van der Waals surface area (Å²) in [5.41, 5.74) is 8.41. The van der Waals surface area contributed by atoms with Crippen LogP contribution in [-0.4, -0.2) is 29.9 Å². The molecule has 1 aromatic carbocycles. The molecule has 0 radical (unpaired) electrons. The van der Waals surface area contributed by atoms with E-state index in [2.05, 4.69) is 41.4 Å². The summed E-state index contributed by atoms with van der Waals surface area (Å²) in [7, 11) is 0. The van der Waals surface area contributed by atoms with Gasteiger partial charge in [0.15, 0.2) is 0 Å². The molecule has 2 unspecified atom stereocenters. The van der Waals surface area contributed by atoms with E-state index in [0.29, 0.717) is 6.54 Å². The predicted molar refractivity (Wildman–Crippen MR) is 102 cm³/mol. The highest BCUT2D eigenvalue weighted by atomic mass is 35.5. The third-order valence-corrected chi connectivity index (χ3v) is 4.90. The molecule has 136 valence electrons. The number of hydrogen-bond acceptors (Lipinski definition) is 3. The van der Waals surface area contributed by atoms with E-state index < -0.39 is 6.04 Å². The standard InChI is InChI=1S/C19H31N3O.ClH/c1-3-15(2)18(20)19(23)21-13-16-7-9-17(10-8-16)14-22-11-5-4-6-12-22;/h7-10,15,18H,3-6,11-14,20H2,1-2H3,(H,21,23);1H. The Morgan fingerprint density at radius 3 is 2.33 bits per heavy atom. The fraction of sp³-hybridized carbons (Fsp3) is 0.632. The van der Waals surface area contributed by atoms with E-state index in [-0.39, 0.29) is 24.2 Å². The lowest BCUT2D eigenvalue weighted by atomic mass is 9.99. The maximum atomic E-state index is 12.0. The van der Waals surface area contributed by atoms with Crippen molar-refractivity contribution in [3.05, 3.63) is 35.4 Å². The lowest BCUT2D eigenvalue weighted by Gasteiger charge is -2.26. The number of carbonyl (C=O) groups is 1. The second-order valence-electron chi connectivity index (χ2n) is 6.78. The summed E-state index contributed by atoms with van der Waals surface area (Å²) in [6.45, 7) is 8.08. The molecule has 0 aromatic heterocycles. The van der Waals surface area contributed by atoms with E-state index >= 15 is 0 Å². The van der Waals surface area contributed by atoms with Gasteiger partial charge in [-0.25, -0.2) is 0 Å². The molecule has 0 saturated carbocycles. The van der Waals surface area contributed by atoms with Crippen LogP contribution in [0.5, 0.6) is 0 Å². The molecule has 1 saturated heterocycles. The van der Waals surface area contributed by atoms with Crippen molar-refractivity contribution in [1.82, 2.24) is 10.2 Å². The SMILES string of the molecule is CCC(C)C(N)C(=O)NCc1ccc(CN2CCCCC2)cc1.Cl. The zero-order valence-corrected chi connectivity index (χ0v) is 15.8. The third kappa shape index (κ3) is 6.42. The summed E-state index contributed by atoms with van der Waals surface area (Å²) in [4.78, 5) is 14.5. The third-order valence-electron chi connectivity index (χ3n) is 4.90. The molecule has 2 rings (SSSR count). The fourth-order valence-corrected chi connectivity index (χ4v) is 2.96. The molecular formula is C19H32ClN3O. The largest absolute Gasteiger partial charge is 0.351 e. The highest BCUT2D eigenvalue weighted by Crippen LogP contribution is 2.13. The van der Waals surface area contributed by atoms with Crippen LogP contribution in [0.4, 0.5) is 0 Å². The molecule has 4 nitrogen and oxygen atoms in total. The molecule has 1 heterocycles. The van der Waals surface area contributed by atoms with E-state index in [4.69, 9.17) is 5.73 Å². The van der Waals surface area contributed by atoms with Gasteiger partial charge in [0.2, 0.25) is 5.91 Å². The molecule has 0 spiro atoms. The minimum atomic E-state index is -0.418. The number of nitrogens with two attached hydrogens (primary N) is 1. The van der Waals surface area contributed by atoms with Gasteiger partial charge in [0, 0.05) is 13.1 Å². The fourth-order valence-electron chi connectivity index (χ4n) is 2.96. The molecule has 1 aromatic rings. The van der Waals surface area contributed by atoms with Crippen LogP contribution >= 0.6 is 12.4 Å². The van der Waals surface area contributed by atoms with Gasteiger partial charge in [-0.15, -0.1) is 12.4 Å². The zero-order chi connectivity index (χ0) is 16.7. The lowest BCUT2D eigenvalue weighted by Crippen LogP contribution is -2.44. The van der Waals surface area contributed by atoms with Gasteiger partial charge in [0.05, 0.1) is 6.04 Å². The Balaban J connectivity index is 0.00000288. The number of amides is 1. The van der Waals surface area contributed by atoms with Gasteiger partial charge in [-0.05, 0) is 43.0 Å². The van der Waals surface area contributed by atoms with Crippen LogP contribution in [0.2, 0.25) is 0 Å². The Kier molecular flexibility index (Phi) is 9.34. The first-order valence-corrected chi connectivity index (χ1v) is 8.93. The van der Waals surface area contributed by atoms with E-state index in [9.17, 15) is 4.79 Å². The van der Waals surface area contributed by atoms with Gasteiger partial charge in [0.25, 0.3) is 0 Å². The molecule has 0 aliphatic carbocycles. The number of likely N-dealkylation sites (tertiary alicyclic amines) is 1. The Morgan fingerprint density at radius 1 is 1.17 bits per heavy atom. The smallest absolute Gasteiger partial charge is 0.237 e. The van der Waals surface area contributed by atoms with Crippen molar-refractivity contribution in [1.29, 1.82) is 0 Å². The van der Waals surface area contributed by atoms with Crippen LogP contribution in [0.15, 0.2) is 24.3 Å². The molecule has 1 fully saturated rings. The van der Waals surface area contributed by atoms with Crippen molar-refractivity contribution in [2.24, 2.45) is 11.7 Å². The summed E-state index contributed by atoms with van der Waals surface area (Å²) >= 11 is 0. The first-order chi connectivity index (χ1) is 11.1. The number of hydrogen-bond donors (Lipinski definition) is 2. The Morgan fingerprint density at radius 2 is 1.75 bits per heavy atom. The lowest BCUT2D eigenvalue weighted by molar-refractivity contribution is -0.123.